The van der Waals surface area contributed by atoms with E-state index in [4.69, 9.17) is 10.00 Å². The van der Waals surface area contributed by atoms with Gasteiger partial charge in [-0.15, -0.1) is 0 Å². The Kier molecular flexibility index (Phi) is 3.44. The van der Waals surface area contributed by atoms with E-state index >= 15 is 0 Å². The summed E-state index contributed by atoms with van der Waals surface area (Å²) in [6.45, 7) is 1.85. The van der Waals surface area contributed by atoms with Crippen LogP contribution in [0.4, 0.5) is 5.69 Å². The Hall–Kier alpha value is -2.87. The van der Waals surface area contributed by atoms with Crippen molar-refractivity contribution in [3.63, 3.8) is 0 Å². The average molecular weight is 254 g/mol. The number of nitrogens with zero attached hydrogens (tertiary/aromatic N) is 2. The van der Waals surface area contributed by atoms with E-state index < -0.39 is 4.92 Å². The zero-order valence-corrected chi connectivity index (χ0v) is 10.2. The van der Waals surface area contributed by atoms with Crippen LogP contribution in [0, 0.1) is 28.4 Å². The highest BCUT2D eigenvalue weighted by Crippen LogP contribution is 2.33. The van der Waals surface area contributed by atoms with Gasteiger partial charge in [-0.3, -0.25) is 10.1 Å². The summed E-state index contributed by atoms with van der Waals surface area (Å²) in [6.07, 6.45) is 0. The molecule has 0 saturated carbocycles. The summed E-state index contributed by atoms with van der Waals surface area (Å²) in [7, 11) is 0. The molecule has 0 aromatic heterocycles. The standard InChI is InChI=1S/C14H10N2O3/c1-10-4-2-3-5-13(10)19-14-7-6-11(9-15)8-12(14)16(17)18/h2-8H,1H3. The van der Waals surface area contributed by atoms with Crippen molar-refractivity contribution in [1.29, 1.82) is 5.26 Å². The van der Waals surface area contributed by atoms with E-state index in [1.165, 1.54) is 18.2 Å². The maximum atomic E-state index is 11.0. The van der Waals surface area contributed by atoms with Gasteiger partial charge in [-0.1, -0.05) is 18.2 Å². The molecule has 0 heterocycles. The molecule has 0 atom stereocenters. The molecule has 0 aliphatic heterocycles. The zero-order chi connectivity index (χ0) is 13.8. The lowest BCUT2D eigenvalue weighted by atomic mass is 10.2. The highest BCUT2D eigenvalue weighted by atomic mass is 16.6. The number of para-hydroxylation sites is 1. The van der Waals surface area contributed by atoms with Crippen molar-refractivity contribution in [2.24, 2.45) is 0 Å². The molecule has 2 aromatic carbocycles. The number of nitriles is 1. The first kappa shape index (κ1) is 12.6. The van der Waals surface area contributed by atoms with Gasteiger partial charge in [0.05, 0.1) is 16.6 Å². The highest BCUT2D eigenvalue weighted by molar-refractivity contribution is 5.53. The number of hydrogen-bond donors (Lipinski definition) is 0. The van der Waals surface area contributed by atoms with Gasteiger partial charge in [0.15, 0.2) is 0 Å². The second-order valence-electron chi connectivity index (χ2n) is 3.92. The van der Waals surface area contributed by atoms with Crippen LogP contribution >= 0.6 is 0 Å². The Morgan fingerprint density at radius 1 is 1.21 bits per heavy atom. The third-order valence-electron chi connectivity index (χ3n) is 2.60. The van der Waals surface area contributed by atoms with Gasteiger partial charge in [-0.25, -0.2) is 0 Å². The Morgan fingerprint density at radius 3 is 2.58 bits per heavy atom. The Morgan fingerprint density at radius 2 is 1.95 bits per heavy atom. The summed E-state index contributed by atoms with van der Waals surface area (Å²) in [5, 5.41) is 19.7. The number of benzene rings is 2. The van der Waals surface area contributed by atoms with Crippen LogP contribution in [0.5, 0.6) is 11.5 Å². The normalized spacial score (nSPS) is 9.68. The van der Waals surface area contributed by atoms with E-state index in [1.807, 2.05) is 25.1 Å². The van der Waals surface area contributed by atoms with Gasteiger partial charge < -0.3 is 4.74 Å². The average Bonchev–Trinajstić information content (AvgIpc) is 2.41. The quantitative estimate of drug-likeness (QED) is 0.619. The van der Waals surface area contributed by atoms with Crippen LogP contribution in [0.2, 0.25) is 0 Å². The third kappa shape index (κ3) is 2.69. The number of aryl methyl sites for hydroxylation is 1. The molecule has 2 rings (SSSR count). The first-order valence-electron chi connectivity index (χ1n) is 5.54. The van der Waals surface area contributed by atoms with Gasteiger partial charge in [-0.2, -0.15) is 5.26 Å². The van der Waals surface area contributed by atoms with E-state index in [-0.39, 0.29) is 17.0 Å². The van der Waals surface area contributed by atoms with Gasteiger partial charge in [0.25, 0.3) is 0 Å². The van der Waals surface area contributed by atoms with Gasteiger partial charge in [0.2, 0.25) is 5.75 Å². The minimum Gasteiger partial charge on any atom is -0.450 e. The molecule has 0 amide bonds. The van der Waals surface area contributed by atoms with Crippen molar-refractivity contribution in [1.82, 2.24) is 0 Å². The van der Waals surface area contributed by atoms with Crippen LogP contribution in [0.15, 0.2) is 42.5 Å². The summed E-state index contributed by atoms with van der Waals surface area (Å²) in [4.78, 5) is 10.4. The van der Waals surface area contributed by atoms with Crippen LogP contribution in [-0.2, 0) is 0 Å². The smallest absolute Gasteiger partial charge is 0.312 e. The minimum absolute atomic E-state index is 0.123. The second kappa shape index (κ2) is 5.19. The number of nitro benzene ring substituents is 1. The van der Waals surface area contributed by atoms with Crippen molar-refractivity contribution in [3.05, 3.63) is 63.7 Å². The fourth-order valence-electron chi connectivity index (χ4n) is 1.61. The van der Waals surface area contributed by atoms with Gasteiger partial charge in [0.1, 0.15) is 5.75 Å². The number of hydrogen-bond acceptors (Lipinski definition) is 4. The molecule has 0 radical (unpaired) electrons. The van der Waals surface area contributed by atoms with Crippen molar-refractivity contribution in [2.45, 2.75) is 6.92 Å². The van der Waals surface area contributed by atoms with Gasteiger partial charge >= 0.3 is 5.69 Å². The molecule has 0 saturated heterocycles. The van der Waals surface area contributed by atoms with E-state index in [0.717, 1.165) is 5.56 Å². The lowest BCUT2D eigenvalue weighted by Gasteiger charge is -2.08. The molecular formula is C14H10N2O3. The van der Waals surface area contributed by atoms with Crippen LogP contribution in [-0.4, -0.2) is 4.92 Å². The molecule has 0 aliphatic carbocycles. The number of rotatable bonds is 3. The fraction of sp³-hybridized carbons (Fsp3) is 0.0714. The molecule has 5 heteroatoms. The first-order valence-corrected chi connectivity index (χ1v) is 5.54. The summed E-state index contributed by atoms with van der Waals surface area (Å²) >= 11 is 0. The molecule has 5 nitrogen and oxygen atoms in total. The van der Waals surface area contributed by atoms with E-state index in [2.05, 4.69) is 0 Å². The summed E-state index contributed by atoms with van der Waals surface area (Å²) < 4.78 is 5.55. The van der Waals surface area contributed by atoms with Gasteiger partial charge in [-0.05, 0) is 30.7 Å². The van der Waals surface area contributed by atoms with Gasteiger partial charge in [0, 0.05) is 6.07 Å². The Balaban J connectivity index is 2.43. The van der Waals surface area contributed by atoms with Crippen LogP contribution in [0.25, 0.3) is 0 Å². The third-order valence-corrected chi connectivity index (χ3v) is 2.60. The van der Waals surface area contributed by atoms with Crippen LogP contribution < -0.4 is 4.74 Å². The predicted molar refractivity (Wildman–Crippen MR) is 69.1 cm³/mol. The molecular weight excluding hydrogens is 244 g/mol. The molecule has 0 unspecified atom stereocenters. The van der Waals surface area contributed by atoms with Crippen LogP contribution in [0.3, 0.4) is 0 Å². The Labute approximate surface area is 109 Å². The van der Waals surface area contributed by atoms with Crippen molar-refractivity contribution >= 4 is 5.69 Å². The lowest BCUT2D eigenvalue weighted by molar-refractivity contribution is -0.385. The first-order chi connectivity index (χ1) is 9.11. The van der Waals surface area contributed by atoms with Crippen molar-refractivity contribution in [3.8, 4) is 17.6 Å². The SMILES string of the molecule is Cc1ccccc1Oc1ccc(C#N)cc1[N+](=O)[O-]. The number of ether oxygens (including phenoxy) is 1. The summed E-state index contributed by atoms with van der Waals surface area (Å²) in [5.74, 6) is 0.675. The zero-order valence-electron chi connectivity index (χ0n) is 10.2. The minimum atomic E-state index is -0.561. The number of nitro groups is 1. The van der Waals surface area contributed by atoms with Crippen LogP contribution in [0.1, 0.15) is 11.1 Å². The molecule has 19 heavy (non-hydrogen) atoms. The lowest BCUT2D eigenvalue weighted by Crippen LogP contribution is -1.95. The van der Waals surface area contributed by atoms with E-state index in [0.29, 0.717) is 5.75 Å². The maximum absolute atomic E-state index is 11.0. The topological polar surface area (TPSA) is 76.2 Å². The monoisotopic (exact) mass is 254 g/mol. The molecule has 0 aliphatic rings. The largest absolute Gasteiger partial charge is 0.450 e. The van der Waals surface area contributed by atoms with E-state index in [9.17, 15) is 10.1 Å². The fourth-order valence-corrected chi connectivity index (χ4v) is 1.61. The molecule has 2 aromatic rings. The molecule has 0 bridgehead atoms. The molecule has 0 spiro atoms. The second-order valence-corrected chi connectivity index (χ2v) is 3.92. The van der Waals surface area contributed by atoms with E-state index in [1.54, 1.807) is 12.1 Å². The van der Waals surface area contributed by atoms with Crippen molar-refractivity contribution in [2.75, 3.05) is 0 Å². The molecule has 0 fully saturated rings. The molecule has 94 valence electrons. The predicted octanol–water partition coefficient (Wildman–Crippen LogP) is 3.57. The molecule has 0 N–H and O–H groups in total. The Bertz CT molecular complexity index is 675. The highest BCUT2D eigenvalue weighted by Gasteiger charge is 2.17. The summed E-state index contributed by atoms with van der Waals surface area (Å²) in [6, 6.07) is 13.2. The maximum Gasteiger partial charge on any atom is 0.312 e. The van der Waals surface area contributed by atoms with Crippen molar-refractivity contribution < 1.29 is 9.66 Å². The summed E-state index contributed by atoms with van der Waals surface area (Å²) in [5.41, 5.74) is 0.882.